The van der Waals surface area contributed by atoms with E-state index in [1.165, 1.54) is 36.8 Å². The standard InChI is InChI=1S/C18H23NO/c1-3-7-19-12-8-15-14-6-5-13(20)9-16(14)18(4-2,10-12)11-17(15)19/h3,5-6,9,12,15,17,20H,1,4,7-8,10-11H2,2H3. The molecule has 3 aliphatic rings. The molecule has 0 saturated carbocycles. The van der Waals surface area contributed by atoms with Crippen molar-refractivity contribution < 1.29 is 5.11 Å². The van der Waals surface area contributed by atoms with Gasteiger partial charge in [-0.3, -0.25) is 4.90 Å². The number of aromatic hydroxyl groups is 1. The Morgan fingerprint density at radius 1 is 1.45 bits per heavy atom. The summed E-state index contributed by atoms with van der Waals surface area (Å²) in [6, 6.07) is 7.49. The van der Waals surface area contributed by atoms with Gasteiger partial charge in [-0.25, -0.2) is 0 Å². The minimum absolute atomic E-state index is 0.300. The van der Waals surface area contributed by atoms with Gasteiger partial charge >= 0.3 is 0 Å². The molecule has 2 heteroatoms. The molecule has 2 saturated heterocycles. The van der Waals surface area contributed by atoms with Crippen LogP contribution in [0, 0.1) is 0 Å². The number of nitrogens with zero attached hydrogens (tertiary/aromatic N) is 1. The van der Waals surface area contributed by atoms with Crippen LogP contribution in [0.2, 0.25) is 0 Å². The number of piperidine rings is 1. The first kappa shape index (κ1) is 12.5. The van der Waals surface area contributed by atoms with E-state index in [1.54, 1.807) is 0 Å². The van der Waals surface area contributed by atoms with Gasteiger partial charge in [0.15, 0.2) is 0 Å². The lowest BCUT2D eigenvalue weighted by atomic mass is 9.62. The van der Waals surface area contributed by atoms with Crippen LogP contribution in [0.3, 0.4) is 0 Å². The smallest absolute Gasteiger partial charge is 0.115 e. The molecule has 0 spiro atoms. The zero-order valence-electron chi connectivity index (χ0n) is 12.2. The van der Waals surface area contributed by atoms with Gasteiger partial charge in [-0.05, 0) is 54.4 Å². The molecular weight excluding hydrogens is 246 g/mol. The molecule has 2 nitrogen and oxygen atoms in total. The lowest BCUT2D eigenvalue weighted by molar-refractivity contribution is 0.0809. The first-order chi connectivity index (χ1) is 9.68. The van der Waals surface area contributed by atoms with Crippen LogP contribution in [-0.4, -0.2) is 28.6 Å². The van der Waals surface area contributed by atoms with E-state index in [0.29, 0.717) is 29.2 Å². The van der Waals surface area contributed by atoms with Crippen molar-refractivity contribution in [3.05, 3.63) is 42.0 Å². The number of hydrogen-bond acceptors (Lipinski definition) is 2. The van der Waals surface area contributed by atoms with Gasteiger partial charge in [0.05, 0.1) is 0 Å². The van der Waals surface area contributed by atoms with Crippen LogP contribution in [0.25, 0.3) is 0 Å². The summed E-state index contributed by atoms with van der Waals surface area (Å²) in [7, 11) is 0. The van der Waals surface area contributed by atoms with Crippen LogP contribution in [0.5, 0.6) is 5.75 Å². The van der Waals surface area contributed by atoms with E-state index in [2.05, 4.69) is 30.5 Å². The van der Waals surface area contributed by atoms with Crippen LogP contribution in [0.4, 0.5) is 0 Å². The first-order valence-corrected chi connectivity index (χ1v) is 7.88. The molecule has 1 N–H and O–H groups in total. The molecule has 2 heterocycles. The predicted octanol–water partition coefficient (Wildman–Crippen LogP) is 3.56. The molecule has 1 aromatic rings. The highest BCUT2D eigenvalue weighted by Crippen LogP contribution is 2.59. The highest BCUT2D eigenvalue weighted by Gasteiger charge is 2.56. The Balaban J connectivity index is 1.86. The maximum Gasteiger partial charge on any atom is 0.115 e. The Morgan fingerprint density at radius 2 is 2.30 bits per heavy atom. The van der Waals surface area contributed by atoms with Crippen LogP contribution >= 0.6 is 0 Å². The fourth-order valence-corrected chi connectivity index (χ4v) is 5.28. The van der Waals surface area contributed by atoms with E-state index in [4.69, 9.17) is 0 Å². The zero-order valence-corrected chi connectivity index (χ0v) is 12.2. The molecule has 106 valence electrons. The molecule has 20 heavy (non-hydrogen) atoms. The third kappa shape index (κ3) is 1.43. The van der Waals surface area contributed by atoms with E-state index < -0.39 is 0 Å². The highest BCUT2D eigenvalue weighted by atomic mass is 16.3. The van der Waals surface area contributed by atoms with Crippen LogP contribution in [0.1, 0.15) is 49.7 Å². The minimum atomic E-state index is 0.300. The molecule has 1 aromatic carbocycles. The summed E-state index contributed by atoms with van der Waals surface area (Å²) in [6.07, 6.45) is 7.04. The molecular formula is C18H23NO. The largest absolute Gasteiger partial charge is 0.508 e. The number of phenolic OH excluding ortho intramolecular Hbond substituents is 1. The van der Waals surface area contributed by atoms with Gasteiger partial charge in [0, 0.05) is 24.5 Å². The third-order valence-electron chi connectivity index (χ3n) is 6.14. The lowest BCUT2D eigenvalue weighted by Gasteiger charge is -2.51. The number of phenols is 1. The normalized spacial score (nSPS) is 38.0. The quantitative estimate of drug-likeness (QED) is 0.848. The van der Waals surface area contributed by atoms with Crippen molar-refractivity contribution in [3.63, 3.8) is 0 Å². The maximum atomic E-state index is 9.91. The summed E-state index contributed by atoms with van der Waals surface area (Å²) >= 11 is 0. The van der Waals surface area contributed by atoms with Crippen molar-refractivity contribution in [3.8, 4) is 5.75 Å². The Kier molecular flexibility index (Phi) is 2.56. The second-order valence-electron chi connectivity index (χ2n) is 6.86. The zero-order chi connectivity index (χ0) is 13.9. The van der Waals surface area contributed by atoms with E-state index >= 15 is 0 Å². The molecule has 4 rings (SSSR count). The molecule has 4 unspecified atom stereocenters. The molecule has 2 fully saturated rings. The Hall–Kier alpha value is -1.28. The van der Waals surface area contributed by atoms with Crippen molar-refractivity contribution in [2.75, 3.05) is 6.54 Å². The van der Waals surface area contributed by atoms with Gasteiger partial charge in [-0.15, -0.1) is 6.58 Å². The molecule has 0 amide bonds. The van der Waals surface area contributed by atoms with Gasteiger partial charge in [0.1, 0.15) is 5.75 Å². The molecule has 0 aromatic heterocycles. The number of hydrogen-bond donors (Lipinski definition) is 1. The van der Waals surface area contributed by atoms with E-state index in [9.17, 15) is 5.11 Å². The summed E-state index contributed by atoms with van der Waals surface area (Å²) in [4.78, 5) is 2.68. The Morgan fingerprint density at radius 3 is 3.05 bits per heavy atom. The predicted molar refractivity (Wildman–Crippen MR) is 81.1 cm³/mol. The molecule has 3 bridgehead atoms. The van der Waals surface area contributed by atoms with Crippen molar-refractivity contribution in [2.45, 2.75) is 56.0 Å². The SMILES string of the molecule is C=CCN1C2CC3c4ccc(O)cc4C(CC)(C2)CC31. The van der Waals surface area contributed by atoms with Crippen LogP contribution in [0.15, 0.2) is 30.9 Å². The number of rotatable bonds is 3. The second-order valence-corrected chi connectivity index (χ2v) is 6.86. The monoisotopic (exact) mass is 269 g/mol. The number of fused-ring (bicyclic) bond motifs is 5. The van der Waals surface area contributed by atoms with Gasteiger partial charge < -0.3 is 5.11 Å². The highest BCUT2D eigenvalue weighted by molar-refractivity contribution is 5.48. The topological polar surface area (TPSA) is 23.5 Å². The van der Waals surface area contributed by atoms with E-state index in [0.717, 1.165) is 6.54 Å². The van der Waals surface area contributed by atoms with Gasteiger partial charge in [0.2, 0.25) is 0 Å². The van der Waals surface area contributed by atoms with Gasteiger partial charge in [0.25, 0.3) is 0 Å². The summed E-state index contributed by atoms with van der Waals surface area (Å²) in [5.41, 5.74) is 3.26. The van der Waals surface area contributed by atoms with Crippen molar-refractivity contribution in [2.24, 2.45) is 0 Å². The number of benzene rings is 1. The summed E-state index contributed by atoms with van der Waals surface area (Å²) in [5, 5.41) is 9.91. The average Bonchev–Trinajstić information content (AvgIpc) is 2.62. The molecule has 0 radical (unpaired) electrons. The van der Waals surface area contributed by atoms with Gasteiger partial charge in [-0.1, -0.05) is 19.1 Å². The maximum absolute atomic E-state index is 9.91. The Labute approximate surface area is 121 Å². The second kappa shape index (κ2) is 4.11. The molecule has 2 aliphatic heterocycles. The fraction of sp³-hybridized carbons (Fsp3) is 0.556. The molecule has 4 atom stereocenters. The third-order valence-corrected chi connectivity index (χ3v) is 6.14. The summed E-state index contributed by atoms with van der Waals surface area (Å²) in [5.74, 6) is 1.10. The summed E-state index contributed by atoms with van der Waals surface area (Å²) < 4.78 is 0. The average molecular weight is 269 g/mol. The fourth-order valence-electron chi connectivity index (χ4n) is 5.28. The first-order valence-electron chi connectivity index (χ1n) is 7.88. The van der Waals surface area contributed by atoms with Gasteiger partial charge in [-0.2, -0.15) is 0 Å². The van der Waals surface area contributed by atoms with E-state index in [-0.39, 0.29) is 0 Å². The summed E-state index contributed by atoms with van der Waals surface area (Å²) in [6.45, 7) is 7.28. The minimum Gasteiger partial charge on any atom is -0.508 e. The van der Waals surface area contributed by atoms with Crippen molar-refractivity contribution in [1.29, 1.82) is 0 Å². The van der Waals surface area contributed by atoms with E-state index in [1.807, 2.05) is 12.1 Å². The molecule has 1 aliphatic carbocycles. The van der Waals surface area contributed by atoms with Crippen molar-refractivity contribution in [1.82, 2.24) is 4.90 Å². The Bertz CT molecular complexity index is 563. The van der Waals surface area contributed by atoms with Crippen LogP contribution in [-0.2, 0) is 5.41 Å². The van der Waals surface area contributed by atoms with Crippen LogP contribution < -0.4 is 0 Å². The lowest BCUT2D eigenvalue weighted by Crippen LogP contribution is -2.52. The van der Waals surface area contributed by atoms with Crippen molar-refractivity contribution >= 4 is 0 Å².